The number of nitrogens with one attached hydrogen (secondary N) is 1. The molecule has 0 aliphatic rings. The predicted molar refractivity (Wildman–Crippen MR) is 62.6 cm³/mol. The highest BCUT2D eigenvalue weighted by atomic mass is 19.1. The van der Waals surface area contributed by atoms with Gasteiger partial charge in [-0.25, -0.2) is 9.18 Å². The highest BCUT2D eigenvalue weighted by molar-refractivity contribution is 5.90. The number of aromatic carboxylic acids is 1. The first kappa shape index (κ1) is 13.2. The van der Waals surface area contributed by atoms with Crippen molar-refractivity contribution in [3.8, 4) is 0 Å². The van der Waals surface area contributed by atoms with Crippen LogP contribution in [0.4, 0.5) is 15.8 Å². The van der Waals surface area contributed by atoms with Crippen LogP contribution >= 0.6 is 0 Å². The lowest BCUT2D eigenvalue weighted by molar-refractivity contribution is 0.0692. The number of carboxylic acid groups (broad SMARTS) is 1. The van der Waals surface area contributed by atoms with E-state index in [2.05, 4.69) is 5.32 Å². The second kappa shape index (κ2) is 4.58. The van der Waals surface area contributed by atoms with Gasteiger partial charge in [0, 0.05) is 0 Å². The quantitative estimate of drug-likeness (QED) is 0.597. The number of nitrogens with two attached hydrogens (primary N) is 1. The molecule has 0 bridgehead atoms. The summed E-state index contributed by atoms with van der Waals surface area (Å²) in [4.78, 5) is 10.7. The standard InChI is InChI=1S/C11H15FN2O3/c1-11(2,5-15)14-9-4-7(12)6(10(16)17)3-8(9)13/h3-4,14-15H,5,13H2,1-2H3,(H,16,17). The van der Waals surface area contributed by atoms with E-state index < -0.39 is 22.9 Å². The molecule has 0 saturated carbocycles. The first-order chi connectivity index (χ1) is 7.76. The van der Waals surface area contributed by atoms with Crippen LogP contribution in [-0.4, -0.2) is 28.3 Å². The topological polar surface area (TPSA) is 95.6 Å². The SMILES string of the molecule is CC(C)(CO)Nc1cc(F)c(C(=O)O)cc1N. The summed E-state index contributed by atoms with van der Waals surface area (Å²) in [5.41, 5.74) is 4.84. The number of hydrogen-bond donors (Lipinski definition) is 4. The van der Waals surface area contributed by atoms with Crippen LogP contribution in [0.3, 0.4) is 0 Å². The number of benzene rings is 1. The second-order valence-corrected chi connectivity index (χ2v) is 4.39. The second-order valence-electron chi connectivity index (χ2n) is 4.39. The highest BCUT2D eigenvalue weighted by Crippen LogP contribution is 2.25. The lowest BCUT2D eigenvalue weighted by Crippen LogP contribution is -2.35. The van der Waals surface area contributed by atoms with E-state index in [0.29, 0.717) is 0 Å². The summed E-state index contributed by atoms with van der Waals surface area (Å²) in [7, 11) is 0. The third-order valence-corrected chi connectivity index (χ3v) is 2.24. The summed E-state index contributed by atoms with van der Waals surface area (Å²) in [6.07, 6.45) is 0. The molecule has 1 rings (SSSR count). The molecule has 5 nitrogen and oxygen atoms in total. The maximum Gasteiger partial charge on any atom is 0.338 e. The van der Waals surface area contributed by atoms with Crippen molar-refractivity contribution in [1.82, 2.24) is 0 Å². The van der Waals surface area contributed by atoms with Crippen LogP contribution in [0.2, 0.25) is 0 Å². The number of carboxylic acids is 1. The molecule has 0 spiro atoms. The van der Waals surface area contributed by atoms with Crippen LogP contribution in [0.25, 0.3) is 0 Å². The van der Waals surface area contributed by atoms with E-state index in [1.807, 2.05) is 0 Å². The molecule has 0 amide bonds. The molecule has 0 heterocycles. The number of carbonyl (C=O) groups is 1. The number of aliphatic hydroxyl groups excluding tert-OH is 1. The van der Waals surface area contributed by atoms with Crippen LogP contribution in [0.15, 0.2) is 12.1 Å². The van der Waals surface area contributed by atoms with E-state index in [1.165, 1.54) is 0 Å². The van der Waals surface area contributed by atoms with Gasteiger partial charge in [0.25, 0.3) is 0 Å². The van der Waals surface area contributed by atoms with Gasteiger partial charge in [-0.2, -0.15) is 0 Å². The molecule has 6 heteroatoms. The molecular weight excluding hydrogens is 227 g/mol. The van der Waals surface area contributed by atoms with Crippen LogP contribution in [0.1, 0.15) is 24.2 Å². The Labute approximate surface area is 98.1 Å². The Hall–Kier alpha value is -1.82. The fourth-order valence-electron chi connectivity index (χ4n) is 1.27. The van der Waals surface area contributed by atoms with Gasteiger partial charge in [-0.05, 0) is 26.0 Å². The highest BCUT2D eigenvalue weighted by Gasteiger charge is 2.19. The van der Waals surface area contributed by atoms with Crippen molar-refractivity contribution in [2.45, 2.75) is 19.4 Å². The van der Waals surface area contributed by atoms with Crippen molar-refractivity contribution < 1.29 is 19.4 Å². The van der Waals surface area contributed by atoms with Crippen LogP contribution in [0.5, 0.6) is 0 Å². The minimum Gasteiger partial charge on any atom is -0.478 e. The molecule has 0 atom stereocenters. The molecule has 17 heavy (non-hydrogen) atoms. The average molecular weight is 242 g/mol. The van der Waals surface area contributed by atoms with Gasteiger partial charge in [-0.1, -0.05) is 0 Å². The Bertz CT molecular complexity index is 447. The van der Waals surface area contributed by atoms with Crippen molar-refractivity contribution in [3.63, 3.8) is 0 Å². The molecule has 0 radical (unpaired) electrons. The molecule has 5 N–H and O–H groups in total. The summed E-state index contributed by atoms with van der Waals surface area (Å²) < 4.78 is 13.4. The minimum atomic E-state index is -1.37. The monoisotopic (exact) mass is 242 g/mol. The van der Waals surface area contributed by atoms with Gasteiger partial charge in [0.1, 0.15) is 5.82 Å². The molecule has 1 aromatic rings. The van der Waals surface area contributed by atoms with Gasteiger partial charge < -0.3 is 21.3 Å². The summed E-state index contributed by atoms with van der Waals surface area (Å²) in [5, 5.41) is 20.6. The minimum absolute atomic E-state index is 0.116. The van der Waals surface area contributed by atoms with Crippen LogP contribution < -0.4 is 11.1 Å². The average Bonchev–Trinajstić information content (AvgIpc) is 2.22. The lowest BCUT2D eigenvalue weighted by atomic mass is 10.1. The van der Waals surface area contributed by atoms with E-state index >= 15 is 0 Å². The largest absolute Gasteiger partial charge is 0.478 e. The smallest absolute Gasteiger partial charge is 0.338 e. The maximum absolute atomic E-state index is 13.4. The number of halogens is 1. The Morgan fingerprint density at radius 1 is 1.53 bits per heavy atom. The molecular formula is C11H15FN2O3. The zero-order chi connectivity index (χ0) is 13.2. The summed E-state index contributed by atoms with van der Waals surface area (Å²) in [6.45, 7) is 3.24. The van der Waals surface area contributed by atoms with Crippen LogP contribution in [-0.2, 0) is 0 Å². The van der Waals surface area contributed by atoms with Gasteiger partial charge >= 0.3 is 5.97 Å². The molecule has 1 aromatic carbocycles. The molecule has 0 aromatic heterocycles. The van der Waals surface area contributed by atoms with Crippen LogP contribution in [0, 0.1) is 5.82 Å². The predicted octanol–water partition coefficient (Wildman–Crippen LogP) is 1.29. The summed E-state index contributed by atoms with van der Waals surface area (Å²) in [5.74, 6) is -2.25. The third kappa shape index (κ3) is 3.07. The van der Waals surface area contributed by atoms with E-state index in [0.717, 1.165) is 12.1 Å². The number of hydrogen-bond acceptors (Lipinski definition) is 4. The lowest BCUT2D eigenvalue weighted by Gasteiger charge is -2.26. The van der Waals surface area contributed by atoms with E-state index in [1.54, 1.807) is 13.8 Å². The van der Waals surface area contributed by atoms with E-state index in [9.17, 15) is 9.18 Å². The van der Waals surface area contributed by atoms with Crippen molar-refractivity contribution in [3.05, 3.63) is 23.5 Å². The number of rotatable bonds is 4. The molecule has 0 aliphatic heterocycles. The molecule has 0 unspecified atom stereocenters. The Balaban J connectivity index is 3.12. The van der Waals surface area contributed by atoms with Gasteiger partial charge in [-0.3, -0.25) is 0 Å². The van der Waals surface area contributed by atoms with Crippen molar-refractivity contribution in [2.24, 2.45) is 0 Å². The molecule has 0 saturated heterocycles. The fourth-order valence-corrected chi connectivity index (χ4v) is 1.27. The summed E-state index contributed by atoms with van der Waals surface area (Å²) in [6, 6.07) is 2.06. The number of aliphatic hydroxyl groups is 1. The maximum atomic E-state index is 13.4. The van der Waals surface area contributed by atoms with Gasteiger partial charge in [0.05, 0.1) is 29.1 Å². The Morgan fingerprint density at radius 2 is 2.12 bits per heavy atom. The Kier molecular flexibility index (Phi) is 3.57. The Morgan fingerprint density at radius 3 is 2.59 bits per heavy atom. The van der Waals surface area contributed by atoms with Crippen molar-refractivity contribution in [1.29, 1.82) is 0 Å². The normalized spacial score (nSPS) is 11.3. The molecule has 0 aliphatic carbocycles. The van der Waals surface area contributed by atoms with Crippen molar-refractivity contribution >= 4 is 17.3 Å². The number of nitrogen functional groups attached to an aromatic ring is 1. The van der Waals surface area contributed by atoms with E-state index in [4.69, 9.17) is 15.9 Å². The number of anilines is 2. The third-order valence-electron chi connectivity index (χ3n) is 2.24. The van der Waals surface area contributed by atoms with Gasteiger partial charge in [-0.15, -0.1) is 0 Å². The van der Waals surface area contributed by atoms with Gasteiger partial charge in [0.2, 0.25) is 0 Å². The molecule has 0 fully saturated rings. The zero-order valence-corrected chi connectivity index (χ0v) is 9.62. The fraction of sp³-hybridized carbons (Fsp3) is 0.364. The van der Waals surface area contributed by atoms with Gasteiger partial charge in [0.15, 0.2) is 0 Å². The molecule has 94 valence electrons. The summed E-state index contributed by atoms with van der Waals surface area (Å²) >= 11 is 0. The van der Waals surface area contributed by atoms with E-state index in [-0.39, 0.29) is 18.0 Å². The zero-order valence-electron chi connectivity index (χ0n) is 9.62. The first-order valence-electron chi connectivity index (χ1n) is 4.98. The van der Waals surface area contributed by atoms with Crippen molar-refractivity contribution in [2.75, 3.05) is 17.7 Å². The first-order valence-corrected chi connectivity index (χ1v) is 4.98.